The van der Waals surface area contributed by atoms with Crippen LogP contribution in [-0.2, 0) is 6.54 Å². The van der Waals surface area contributed by atoms with Crippen molar-refractivity contribution >= 4 is 28.9 Å². The van der Waals surface area contributed by atoms with Gasteiger partial charge >= 0.3 is 0 Å². The maximum Gasteiger partial charge on any atom is 0.167 e. The average Bonchev–Trinajstić information content (AvgIpc) is 2.53. The molecule has 0 aliphatic heterocycles. The first kappa shape index (κ1) is 15.8. The second-order valence-electron chi connectivity index (χ2n) is 4.82. The molecular weight excluding hydrogens is 300 g/mol. The lowest BCUT2D eigenvalue weighted by Gasteiger charge is -2.20. The Morgan fingerprint density at radius 1 is 1.10 bits per heavy atom. The van der Waals surface area contributed by atoms with Gasteiger partial charge in [-0.1, -0.05) is 61.0 Å². The minimum absolute atomic E-state index is 0.233. The monoisotopic (exact) mass is 318 g/mol. The van der Waals surface area contributed by atoms with E-state index in [1.807, 2.05) is 42.5 Å². The Morgan fingerprint density at radius 2 is 1.76 bits per heavy atom. The smallest absolute Gasteiger partial charge is 0.167 e. The van der Waals surface area contributed by atoms with Crippen LogP contribution in [0, 0.1) is 0 Å². The number of benzene rings is 2. The van der Waals surface area contributed by atoms with E-state index >= 15 is 0 Å². The zero-order valence-corrected chi connectivity index (χ0v) is 13.5. The Morgan fingerprint density at radius 3 is 2.38 bits per heavy atom. The van der Waals surface area contributed by atoms with Crippen LogP contribution in [-0.4, -0.2) is 5.11 Å². The van der Waals surface area contributed by atoms with Crippen molar-refractivity contribution in [2.75, 3.05) is 0 Å². The van der Waals surface area contributed by atoms with Gasteiger partial charge in [0, 0.05) is 11.6 Å². The molecule has 4 heteroatoms. The van der Waals surface area contributed by atoms with Gasteiger partial charge in [0.05, 0.1) is 6.04 Å². The highest BCUT2D eigenvalue weighted by molar-refractivity contribution is 7.80. The molecule has 0 spiro atoms. The third kappa shape index (κ3) is 5.03. The maximum absolute atomic E-state index is 5.87. The van der Waals surface area contributed by atoms with Crippen molar-refractivity contribution in [1.29, 1.82) is 0 Å². The summed E-state index contributed by atoms with van der Waals surface area (Å²) in [5, 5.41) is 8.00. The van der Waals surface area contributed by atoms with Gasteiger partial charge < -0.3 is 10.6 Å². The van der Waals surface area contributed by atoms with E-state index < -0.39 is 0 Å². The van der Waals surface area contributed by atoms with E-state index in [1.54, 1.807) is 0 Å². The number of hydrogen-bond donors (Lipinski definition) is 2. The fraction of sp³-hybridized carbons (Fsp3) is 0.235. The molecule has 2 rings (SSSR count). The van der Waals surface area contributed by atoms with E-state index in [-0.39, 0.29) is 6.04 Å². The first-order chi connectivity index (χ1) is 10.2. The van der Waals surface area contributed by atoms with Crippen molar-refractivity contribution in [3.8, 4) is 0 Å². The number of nitrogens with one attached hydrogen (secondary N) is 2. The molecule has 0 saturated heterocycles. The standard InChI is InChI=1S/C17H19ClN2S/c1-2-16(14-6-4-3-5-7-14)20-17(21)19-12-13-8-10-15(18)11-9-13/h3-11,16H,2,12H2,1H3,(H2,19,20,21). The molecule has 0 saturated carbocycles. The van der Waals surface area contributed by atoms with Gasteiger partial charge in [0.25, 0.3) is 0 Å². The fourth-order valence-corrected chi connectivity index (χ4v) is 2.44. The minimum Gasteiger partial charge on any atom is -0.359 e. The lowest BCUT2D eigenvalue weighted by molar-refractivity contribution is 0.616. The van der Waals surface area contributed by atoms with E-state index in [0.29, 0.717) is 11.7 Å². The first-order valence-corrected chi connectivity index (χ1v) is 7.81. The molecule has 0 aliphatic rings. The van der Waals surface area contributed by atoms with Crippen LogP contribution < -0.4 is 10.6 Å². The Balaban J connectivity index is 1.87. The fourth-order valence-electron chi connectivity index (χ4n) is 2.10. The summed E-state index contributed by atoms with van der Waals surface area (Å²) >= 11 is 11.2. The first-order valence-electron chi connectivity index (χ1n) is 7.02. The van der Waals surface area contributed by atoms with Gasteiger partial charge in [-0.05, 0) is 41.9 Å². The SMILES string of the molecule is CCC(NC(=S)NCc1ccc(Cl)cc1)c1ccccc1. The van der Waals surface area contributed by atoms with Crippen LogP contribution in [0.2, 0.25) is 5.02 Å². The average molecular weight is 319 g/mol. The van der Waals surface area contributed by atoms with Gasteiger partial charge in [0.15, 0.2) is 5.11 Å². The molecule has 0 aromatic heterocycles. The third-order valence-electron chi connectivity index (χ3n) is 3.28. The third-order valence-corrected chi connectivity index (χ3v) is 3.80. The summed E-state index contributed by atoms with van der Waals surface area (Å²) in [5.41, 5.74) is 2.40. The van der Waals surface area contributed by atoms with Crippen LogP contribution in [0.15, 0.2) is 54.6 Å². The molecule has 0 bridgehead atoms. The Bertz CT molecular complexity index is 569. The Kier molecular flexibility index (Phi) is 6.03. The van der Waals surface area contributed by atoms with Gasteiger partial charge in [-0.2, -0.15) is 0 Å². The predicted molar refractivity (Wildman–Crippen MR) is 93.5 cm³/mol. The molecule has 1 unspecified atom stereocenters. The quantitative estimate of drug-likeness (QED) is 0.796. The topological polar surface area (TPSA) is 24.1 Å². The lowest BCUT2D eigenvalue weighted by Crippen LogP contribution is -2.37. The van der Waals surface area contributed by atoms with Crippen LogP contribution in [0.4, 0.5) is 0 Å². The Labute approximate surface area is 136 Å². The highest BCUT2D eigenvalue weighted by atomic mass is 35.5. The summed E-state index contributed by atoms with van der Waals surface area (Å²) in [4.78, 5) is 0. The van der Waals surface area contributed by atoms with Crippen molar-refractivity contribution in [2.45, 2.75) is 25.9 Å². The van der Waals surface area contributed by atoms with Crippen molar-refractivity contribution in [1.82, 2.24) is 10.6 Å². The normalized spacial score (nSPS) is 11.7. The van der Waals surface area contributed by atoms with E-state index in [0.717, 1.165) is 17.0 Å². The molecule has 2 aromatic carbocycles. The Hall–Kier alpha value is -1.58. The zero-order valence-electron chi connectivity index (χ0n) is 12.0. The summed E-state index contributed by atoms with van der Waals surface area (Å²) in [5.74, 6) is 0. The van der Waals surface area contributed by atoms with Crippen molar-refractivity contribution in [3.63, 3.8) is 0 Å². The molecule has 0 heterocycles. The summed E-state index contributed by atoms with van der Waals surface area (Å²) in [7, 11) is 0. The summed E-state index contributed by atoms with van der Waals surface area (Å²) < 4.78 is 0. The highest BCUT2D eigenvalue weighted by Crippen LogP contribution is 2.15. The van der Waals surface area contributed by atoms with Gasteiger partial charge in [-0.3, -0.25) is 0 Å². The minimum atomic E-state index is 0.233. The predicted octanol–water partition coefficient (Wildman–Crippen LogP) is 4.46. The second-order valence-corrected chi connectivity index (χ2v) is 5.67. The van der Waals surface area contributed by atoms with E-state index in [1.165, 1.54) is 5.56 Å². The number of rotatable bonds is 5. The molecule has 2 aromatic rings. The van der Waals surface area contributed by atoms with Crippen molar-refractivity contribution in [2.24, 2.45) is 0 Å². The number of thiocarbonyl (C=S) groups is 1. The summed E-state index contributed by atoms with van der Waals surface area (Å²) in [6.45, 7) is 2.83. The van der Waals surface area contributed by atoms with Crippen molar-refractivity contribution in [3.05, 3.63) is 70.7 Å². The zero-order chi connectivity index (χ0) is 15.1. The molecule has 0 radical (unpaired) electrons. The molecule has 2 nitrogen and oxygen atoms in total. The number of hydrogen-bond acceptors (Lipinski definition) is 1. The van der Waals surface area contributed by atoms with Crippen molar-refractivity contribution < 1.29 is 0 Å². The maximum atomic E-state index is 5.87. The lowest BCUT2D eigenvalue weighted by atomic mass is 10.1. The molecule has 2 N–H and O–H groups in total. The largest absolute Gasteiger partial charge is 0.359 e. The molecule has 0 amide bonds. The molecule has 21 heavy (non-hydrogen) atoms. The molecule has 110 valence electrons. The summed E-state index contributed by atoms with van der Waals surface area (Å²) in [6, 6.07) is 18.3. The highest BCUT2D eigenvalue weighted by Gasteiger charge is 2.09. The second kappa shape index (κ2) is 8.01. The van der Waals surface area contributed by atoms with Crippen LogP contribution >= 0.6 is 23.8 Å². The molecule has 0 fully saturated rings. The number of halogens is 1. The molecule has 1 atom stereocenters. The van der Waals surface area contributed by atoms with E-state index in [4.69, 9.17) is 23.8 Å². The van der Waals surface area contributed by atoms with Crippen LogP contribution in [0.3, 0.4) is 0 Å². The van der Waals surface area contributed by atoms with Crippen LogP contribution in [0.5, 0.6) is 0 Å². The van der Waals surface area contributed by atoms with Gasteiger partial charge in [-0.25, -0.2) is 0 Å². The van der Waals surface area contributed by atoms with E-state index in [9.17, 15) is 0 Å². The molecule has 0 aliphatic carbocycles. The van der Waals surface area contributed by atoms with Gasteiger partial charge in [-0.15, -0.1) is 0 Å². The summed E-state index contributed by atoms with van der Waals surface area (Å²) in [6.07, 6.45) is 0.979. The van der Waals surface area contributed by atoms with Crippen LogP contribution in [0.1, 0.15) is 30.5 Å². The van der Waals surface area contributed by atoms with Crippen LogP contribution in [0.25, 0.3) is 0 Å². The van der Waals surface area contributed by atoms with Gasteiger partial charge in [0.2, 0.25) is 0 Å². The van der Waals surface area contributed by atoms with E-state index in [2.05, 4.69) is 29.7 Å². The molecular formula is C17H19ClN2S. The van der Waals surface area contributed by atoms with Gasteiger partial charge in [0.1, 0.15) is 0 Å².